The van der Waals surface area contributed by atoms with Crippen molar-refractivity contribution in [3.63, 3.8) is 0 Å². The molecule has 3 rings (SSSR count). The number of carbonyl (C=O) groups is 1. The van der Waals surface area contributed by atoms with E-state index in [9.17, 15) is 4.79 Å². The molecule has 1 heterocycles. The fraction of sp³-hybridized carbons (Fsp3) is 0.533. The molecule has 0 radical (unpaired) electrons. The van der Waals surface area contributed by atoms with Crippen molar-refractivity contribution in [2.75, 3.05) is 24.7 Å². The maximum atomic E-state index is 12.4. The molecule has 6 heteroatoms. The van der Waals surface area contributed by atoms with Gasteiger partial charge in [-0.1, -0.05) is 17.7 Å². The highest BCUT2D eigenvalue weighted by Gasteiger charge is 2.33. The molecule has 1 atom stereocenters. The zero-order valence-corrected chi connectivity index (χ0v) is 12.6. The SMILES string of the molecule is NCc1ccc(N2CCOCC2C(=O)NC2CC2)cc1Cl. The number of nitrogens with zero attached hydrogens (tertiary/aromatic N) is 1. The Bertz CT molecular complexity index is 534. The number of halogens is 1. The monoisotopic (exact) mass is 309 g/mol. The van der Waals surface area contributed by atoms with Crippen molar-refractivity contribution in [1.82, 2.24) is 5.32 Å². The van der Waals surface area contributed by atoms with Gasteiger partial charge < -0.3 is 20.7 Å². The number of carbonyl (C=O) groups excluding carboxylic acids is 1. The minimum Gasteiger partial charge on any atom is -0.377 e. The Morgan fingerprint density at radius 3 is 2.95 bits per heavy atom. The molecule has 0 bridgehead atoms. The summed E-state index contributed by atoms with van der Waals surface area (Å²) in [6.45, 7) is 2.12. The molecule has 1 aromatic carbocycles. The lowest BCUT2D eigenvalue weighted by Gasteiger charge is -2.36. The lowest BCUT2D eigenvalue weighted by atomic mass is 10.1. The van der Waals surface area contributed by atoms with Gasteiger partial charge in [0, 0.05) is 29.8 Å². The van der Waals surface area contributed by atoms with E-state index in [0.717, 1.165) is 24.1 Å². The Morgan fingerprint density at radius 2 is 2.29 bits per heavy atom. The summed E-state index contributed by atoms with van der Waals surface area (Å²) in [6.07, 6.45) is 2.16. The summed E-state index contributed by atoms with van der Waals surface area (Å²) in [5, 5.41) is 3.69. The van der Waals surface area contributed by atoms with Gasteiger partial charge in [-0.15, -0.1) is 0 Å². The molecule has 2 fully saturated rings. The quantitative estimate of drug-likeness (QED) is 0.879. The highest BCUT2D eigenvalue weighted by atomic mass is 35.5. The number of hydrogen-bond acceptors (Lipinski definition) is 4. The molecule has 5 nitrogen and oxygen atoms in total. The van der Waals surface area contributed by atoms with E-state index in [-0.39, 0.29) is 11.9 Å². The molecular weight excluding hydrogens is 290 g/mol. The van der Waals surface area contributed by atoms with Gasteiger partial charge in [0.1, 0.15) is 6.04 Å². The van der Waals surface area contributed by atoms with Crippen LogP contribution < -0.4 is 16.0 Å². The summed E-state index contributed by atoms with van der Waals surface area (Å²) in [7, 11) is 0. The molecule has 2 aliphatic rings. The van der Waals surface area contributed by atoms with Crippen molar-refractivity contribution < 1.29 is 9.53 Å². The van der Waals surface area contributed by atoms with Crippen LogP contribution in [0.1, 0.15) is 18.4 Å². The van der Waals surface area contributed by atoms with Crippen LogP contribution in [0, 0.1) is 0 Å². The highest BCUT2D eigenvalue weighted by molar-refractivity contribution is 6.31. The van der Waals surface area contributed by atoms with Crippen LogP contribution in [0.4, 0.5) is 5.69 Å². The minimum absolute atomic E-state index is 0.0382. The van der Waals surface area contributed by atoms with E-state index in [0.29, 0.717) is 37.4 Å². The van der Waals surface area contributed by atoms with Gasteiger partial charge in [-0.05, 0) is 30.5 Å². The molecule has 21 heavy (non-hydrogen) atoms. The number of ether oxygens (including phenoxy) is 1. The molecule has 1 saturated heterocycles. The van der Waals surface area contributed by atoms with Crippen LogP contribution in [-0.2, 0) is 16.1 Å². The lowest BCUT2D eigenvalue weighted by Crippen LogP contribution is -2.54. The fourth-order valence-corrected chi connectivity index (χ4v) is 2.79. The first kappa shape index (κ1) is 14.6. The molecule has 1 saturated carbocycles. The second-order valence-corrected chi connectivity index (χ2v) is 5.95. The van der Waals surface area contributed by atoms with Crippen LogP contribution in [0.25, 0.3) is 0 Å². The van der Waals surface area contributed by atoms with Gasteiger partial charge in [0.15, 0.2) is 0 Å². The zero-order chi connectivity index (χ0) is 14.8. The molecule has 1 aliphatic carbocycles. The van der Waals surface area contributed by atoms with Gasteiger partial charge in [0.05, 0.1) is 13.2 Å². The first-order chi connectivity index (χ1) is 10.2. The number of nitrogens with one attached hydrogen (secondary N) is 1. The van der Waals surface area contributed by atoms with Gasteiger partial charge in [-0.3, -0.25) is 4.79 Å². The summed E-state index contributed by atoms with van der Waals surface area (Å²) in [5.41, 5.74) is 7.49. The van der Waals surface area contributed by atoms with E-state index in [1.807, 2.05) is 18.2 Å². The first-order valence-corrected chi connectivity index (χ1v) is 7.70. The Balaban J connectivity index is 1.79. The first-order valence-electron chi connectivity index (χ1n) is 7.32. The average Bonchev–Trinajstić information content (AvgIpc) is 3.31. The van der Waals surface area contributed by atoms with E-state index in [1.165, 1.54) is 0 Å². The van der Waals surface area contributed by atoms with Crippen molar-refractivity contribution in [3.05, 3.63) is 28.8 Å². The second kappa shape index (κ2) is 6.22. The summed E-state index contributed by atoms with van der Waals surface area (Å²) in [6, 6.07) is 5.83. The van der Waals surface area contributed by atoms with Crippen molar-refractivity contribution >= 4 is 23.2 Å². The van der Waals surface area contributed by atoms with Crippen molar-refractivity contribution in [2.45, 2.75) is 31.5 Å². The summed E-state index contributed by atoms with van der Waals surface area (Å²) in [5.74, 6) is 0.0382. The van der Waals surface area contributed by atoms with E-state index in [1.54, 1.807) is 0 Å². The normalized spacial score (nSPS) is 22.2. The van der Waals surface area contributed by atoms with Crippen LogP contribution in [0.15, 0.2) is 18.2 Å². The summed E-state index contributed by atoms with van der Waals surface area (Å²) >= 11 is 6.23. The second-order valence-electron chi connectivity index (χ2n) is 5.55. The number of anilines is 1. The number of hydrogen-bond donors (Lipinski definition) is 2. The lowest BCUT2D eigenvalue weighted by molar-refractivity contribution is -0.124. The van der Waals surface area contributed by atoms with Crippen LogP contribution in [0.5, 0.6) is 0 Å². The third kappa shape index (κ3) is 3.31. The molecule has 1 aliphatic heterocycles. The van der Waals surface area contributed by atoms with Gasteiger partial charge in [0.25, 0.3) is 0 Å². The van der Waals surface area contributed by atoms with Gasteiger partial charge in [-0.2, -0.15) is 0 Å². The molecule has 0 aromatic heterocycles. The largest absolute Gasteiger partial charge is 0.377 e. The predicted molar refractivity (Wildman–Crippen MR) is 82.5 cm³/mol. The van der Waals surface area contributed by atoms with Crippen LogP contribution in [0.3, 0.4) is 0 Å². The average molecular weight is 310 g/mol. The summed E-state index contributed by atoms with van der Waals surface area (Å²) in [4.78, 5) is 14.4. The van der Waals surface area contributed by atoms with Crippen molar-refractivity contribution in [2.24, 2.45) is 5.73 Å². The predicted octanol–water partition coefficient (Wildman–Crippen LogP) is 1.28. The van der Waals surface area contributed by atoms with Crippen molar-refractivity contribution in [1.29, 1.82) is 0 Å². The van der Waals surface area contributed by atoms with Crippen LogP contribution in [-0.4, -0.2) is 37.7 Å². The van der Waals surface area contributed by atoms with Gasteiger partial charge in [-0.25, -0.2) is 0 Å². The minimum atomic E-state index is -0.292. The molecule has 3 N–H and O–H groups in total. The molecule has 1 unspecified atom stereocenters. The van der Waals surface area contributed by atoms with Crippen LogP contribution in [0.2, 0.25) is 5.02 Å². The standard InChI is InChI=1S/C15H20ClN3O2/c16-13-7-12(4-1-10(13)8-17)19-5-6-21-9-14(19)15(20)18-11-2-3-11/h1,4,7,11,14H,2-3,5-6,8-9,17H2,(H,18,20). The topological polar surface area (TPSA) is 67.6 Å². The third-order valence-electron chi connectivity index (χ3n) is 3.94. The molecule has 1 amide bonds. The van der Waals surface area contributed by atoms with Gasteiger partial charge in [0.2, 0.25) is 5.91 Å². The third-order valence-corrected chi connectivity index (χ3v) is 4.29. The number of morpholine rings is 1. The number of benzene rings is 1. The Kier molecular flexibility index (Phi) is 4.33. The van der Waals surface area contributed by atoms with E-state index in [4.69, 9.17) is 22.1 Å². The maximum Gasteiger partial charge on any atom is 0.245 e. The number of amides is 1. The van der Waals surface area contributed by atoms with E-state index in [2.05, 4.69) is 10.2 Å². The summed E-state index contributed by atoms with van der Waals surface area (Å²) < 4.78 is 5.48. The van der Waals surface area contributed by atoms with Crippen molar-refractivity contribution in [3.8, 4) is 0 Å². The maximum absolute atomic E-state index is 12.4. The Hall–Kier alpha value is -1.30. The molecule has 114 valence electrons. The van der Waals surface area contributed by atoms with E-state index >= 15 is 0 Å². The zero-order valence-electron chi connectivity index (χ0n) is 11.8. The Morgan fingerprint density at radius 1 is 1.48 bits per heavy atom. The number of rotatable bonds is 4. The van der Waals surface area contributed by atoms with Gasteiger partial charge >= 0.3 is 0 Å². The fourth-order valence-electron chi connectivity index (χ4n) is 2.54. The van der Waals surface area contributed by atoms with E-state index < -0.39 is 0 Å². The molecule has 0 spiro atoms. The number of nitrogens with two attached hydrogens (primary N) is 1. The van der Waals surface area contributed by atoms with Crippen LogP contribution >= 0.6 is 11.6 Å². The Labute approximate surface area is 129 Å². The highest BCUT2D eigenvalue weighted by Crippen LogP contribution is 2.27. The molecular formula is C15H20ClN3O2. The molecule has 1 aromatic rings. The smallest absolute Gasteiger partial charge is 0.245 e.